The minimum absolute atomic E-state index is 0.0310. The summed E-state index contributed by atoms with van der Waals surface area (Å²) in [5.41, 5.74) is -0.999. The minimum atomic E-state index is -4.43. The highest BCUT2D eigenvalue weighted by atomic mass is 19.4. The number of carbonyl (C=O) groups is 1. The summed E-state index contributed by atoms with van der Waals surface area (Å²) < 4.78 is 38.0. The molecule has 1 unspecified atom stereocenters. The van der Waals surface area contributed by atoms with Crippen molar-refractivity contribution < 1.29 is 18.0 Å². The lowest BCUT2D eigenvalue weighted by Crippen LogP contribution is -2.29. The Balaban J connectivity index is 1.74. The third-order valence-corrected chi connectivity index (χ3v) is 3.97. The van der Waals surface area contributed by atoms with Crippen molar-refractivity contribution in [1.82, 2.24) is 20.3 Å². The summed E-state index contributed by atoms with van der Waals surface area (Å²) in [7, 11) is 0. The van der Waals surface area contributed by atoms with E-state index in [0.717, 1.165) is 18.2 Å². The number of rotatable bonds is 5. The van der Waals surface area contributed by atoms with Crippen molar-refractivity contribution >= 4 is 17.7 Å². The Morgan fingerprint density at radius 1 is 1.14 bits per heavy atom. The third kappa shape index (κ3) is 5.18. The molecule has 0 saturated carbocycles. The van der Waals surface area contributed by atoms with Gasteiger partial charge in [-0.2, -0.15) is 13.2 Å². The molecule has 0 fully saturated rings. The van der Waals surface area contributed by atoms with Crippen LogP contribution in [0.25, 0.3) is 0 Å². The third-order valence-electron chi connectivity index (χ3n) is 3.97. The van der Waals surface area contributed by atoms with Crippen LogP contribution in [0.15, 0.2) is 59.5 Å². The van der Waals surface area contributed by atoms with Gasteiger partial charge in [0, 0.05) is 12.3 Å². The van der Waals surface area contributed by atoms with Crippen molar-refractivity contribution in [3.05, 3.63) is 81.9 Å². The number of alkyl halides is 3. The Morgan fingerprint density at radius 3 is 2.48 bits per heavy atom. The fourth-order valence-corrected chi connectivity index (χ4v) is 2.51. The highest BCUT2D eigenvalue weighted by molar-refractivity contribution is 5.92. The van der Waals surface area contributed by atoms with E-state index in [2.05, 4.69) is 25.6 Å². The monoisotopic (exact) mass is 403 g/mol. The molecule has 0 radical (unpaired) electrons. The largest absolute Gasteiger partial charge is 0.416 e. The van der Waals surface area contributed by atoms with E-state index >= 15 is 0 Å². The number of anilines is 2. The summed E-state index contributed by atoms with van der Waals surface area (Å²) in [4.78, 5) is 34.9. The van der Waals surface area contributed by atoms with Crippen LogP contribution in [-0.4, -0.2) is 20.9 Å². The molecule has 2 heterocycles. The number of nitrogens with zero attached hydrogens (tertiary/aromatic N) is 2. The van der Waals surface area contributed by atoms with Crippen LogP contribution in [0.3, 0.4) is 0 Å². The van der Waals surface area contributed by atoms with Crippen molar-refractivity contribution in [3.63, 3.8) is 0 Å². The molecule has 0 spiro atoms. The highest BCUT2D eigenvalue weighted by Crippen LogP contribution is 2.29. The molecule has 3 aromatic rings. The lowest BCUT2D eigenvalue weighted by Gasteiger charge is -2.15. The van der Waals surface area contributed by atoms with Crippen molar-refractivity contribution in [2.75, 3.05) is 5.32 Å². The van der Waals surface area contributed by atoms with Gasteiger partial charge in [0.2, 0.25) is 5.95 Å². The zero-order chi connectivity index (χ0) is 21.0. The molecule has 1 atom stereocenters. The molecule has 7 nitrogen and oxygen atoms in total. The van der Waals surface area contributed by atoms with Gasteiger partial charge in [0.1, 0.15) is 11.5 Å². The lowest BCUT2D eigenvalue weighted by molar-refractivity contribution is -0.137. The first-order valence-electron chi connectivity index (χ1n) is 8.50. The van der Waals surface area contributed by atoms with Crippen molar-refractivity contribution in [2.45, 2.75) is 19.1 Å². The van der Waals surface area contributed by atoms with Crippen LogP contribution in [0.2, 0.25) is 0 Å². The first kappa shape index (κ1) is 20.1. The first-order valence-corrected chi connectivity index (χ1v) is 8.50. The minimum Gasteiger partial charge on any atom is -0.344 e. The molecule has 0 saturated heterocycles. The average molecular weight is 403 g/mol. The normalized spacial score (nSPS) is 12.3. The molecule has 3 N–H and O–H groups in total. The van der Waals surface area contributed by atoms with Crippen LogP contribution in [0, 0.1) is 0 Å². The summed E-state index contributed by atoms with van der Waals surface area (Å²) in [5.74, 6) is -0.192. The Labute approximate surface area is 163 Å². The highest BCUT2D eigenvalue weighted by Gasteiger charge is 2.30. The lowest BCUT2D eigenvalue weighted by atomic mass is 10.1. The standard InChI is InChI=1S/C19H16F3N5O2/c1-11(12-5-7-13(8-6-12)19(20,21)22)24-17(29)14-10-16(28)27-18(25-14)26-15-4-2-3-9-23-15/h2-11H,1H3,(H,24,29)(H2,23,25,26,27,28). The van der Waals surface area contributed by atoms with Gasteiger partial charge in [-0.25, -0.2) is 9.97 Å². The SMILES string of the molecule is CC(NC(=O)c1cc(=O)[nH]c(Nc2ccccn2)n1)c1ccc(C(F)(F)F)cc1. The summed E-state index contributed by atoms with van der Waals surface area (Å²) in [5, 5.41) is 5.39. The number of carbonyl (C=O) groups excluding carboxylic acids is 1. The summed E-state index contributed by atoms with van der Waals surface area (Å²) >= 11 is 0. The Kier molecular flexibility index (Phi) is 5.62. The summed E-state index contributed by atoms with van der Waals surface area (Å²) in [6.07, 6.45) is -2.89. The Morgan fingerprint density at radius 2 is 1.86 bits per heavy atom. The summed E-state index contributed by atoms with van der Waals surface area (Å²) in [6, 6.07) is 9.98. The number of hydrogen-bond acceptors (Lipinski definition) is 5. The van der Waals surface area contributed by atoms with E-state index in [1.807, 2.05) is 0 Å². The second kappa shape index (κ2) is 8.13. The fourth-order valence-electron chi connectivity index (χ4n) is 2.51. The molecule has 1 amide bonds. The van der Waals surface area contributed by atoms with Crippen LogP contribution in [0.4, 0.5) is 24.9 Å². The van der Waals surface area contributed by atoms with Crippen molar-refractivity contribution in [3.8, 4) is 0 Å². The number of aromatic amines is 1. The zero-order valence-electron chi connectivity index (χ0n) is 15.1. The molecule has 0 bridgehead atoms. The number of benzene rings is 1. The maximum Gasteiger partial charge on any atom is 0.416 e. The molecular formula is C19H16F3N5O2. The number of H-pyrrole nitrogens is 1. The fraction of sp³-hybridized carbons (Fsp3) is 0.158. The van der Waals surface area contributed by atoms with Gasteiger partial charge in [0.15, 0.2) is 0 Å². The van der Waals surface area contributed by atoms with Gasteiger partial charge >= 0.3 is 6.18 Å². The van der Waals surface area contributed by atoms with E-state index in [4.69, 9.17) is 0 Å². The van der Waals surface area contributed by atoms with Crippen molar-refractivity contribution in [2.24, 2.45) is 0 Å². The van der Waals surface area contributed by atoms with Gasteiger partial charge < -0.3 is 10.6 Å². The van der Waals surface area contributed by atoms with Crippen LogP contribution < -0.4 is 16.2 Å². The number of nitrogens with one attached hydrogen (secondary N) is 3. The number of halogens is 3. The molecular weight excluding hydrogens is 387 g/mol. The van der Waals surface area contributed by atoms with Gasteiger partial charge in [-0.05, 0) is 36.8 Å². The molecule has 1 aromatic carbocycles. The number of hydrogen-bond donors (Lipinski definition) is 3. The van der Waals surface area contributed by atoms with Gasteiger partial charge in [-0.1, -0.05) is 18.2 Å². The zero-order valence-corrected chi connectivity index (χ0v) is 15.1. The first-order chi connectivity index (χ1) is 13.7. The molecule has 0 aliphatic rings. The van der Waals surface area contributed by atoms with Crippen LogP contribution in [0.1, 0.15) is 34.6 Å². The molecule has 2 aromatic heterocycles. The van der Waals surface area contributed by atoms with Gasteiger partial charge in [-0.3, -0.25) is 14.6 Å². The molecule has 0 aliphatic heterocycles. The van der Waals surface area contributed by atoms with E-state index in [1.165, 1.54) is 12.1 Å². The maximum absolute atomic E-state index is 12.7. The van der Waals surface area contributed by atoms with Crippen LogP contribution in [0.5, 0.6) is 0 Å². The Hall–Kier alpha value is -3.69. The smallest absolute Gasteiger partial charge is 0.344 e. The van der Waals surface area contributed by atoms with Gasteiger partial charge in [0.25, 0.3) is 11.5 Å². The second-order valence-corrected chi connectivity index (χ2v) is 6.13. The predicted octanol–water partition coefficient (Wildman–Crippen LogP) is 3.42. The van der Waals surface area contributed by atoms with E-state index < -0.39 is 29.2 Å². The van der Waals surface area contributed by atoms with E-state index in [0.29, 0.717) is 11.4 Å². The average Bonchev–Trinajstić information content (AvgIpc) is 2.67. The van der Waals surface area contributed by atoms with E-state index in [1.54, 1.807) is 31.3 Å². The summed E-state index contributed by atoms with van der Waals surface area (Å²) in [6.45, 7) is 1.61. The van der Waals surface area contributed by atoms with Crippen LogP contribution >= 0.6 is 0 Å². The molecule has 3 rings (SSSR count). The second-order valence-electron chi connectivity index (χ2n) is 6.13. The van der Waals surface area contributed by atoms with E-state index in [9.17, 15) is 22.8 Å². The quantitative estimate of drug-likeness (QED) is 0.606. The van der Waals surface area contributed by atoms with Gasteiger partial charge in [0.05, 0.1) is 11.6 Å². The van der Waals surface area contributed by atoms with E-state index in [-0.39, 0.29) is 11.6 Å². The number of pyridine rings is 1. The molecule has 29 heavy (non-hydrogen) atoms. The topological polar surface area (TPSA) is 99.8 Å². The van der Waals surface area contributed by atoms with Crippen LogP contribution in [-0.2, 0) is 6.18 Å². The molecule has 150 valence electrons. The Bertz CT molecular complexity index is 1050. The molecule has 10 heteroatoms. The molecule has 0 aliphatic carbocycles. The number of amides is 1. The van der Waals surface area contributed by atoms with Gasteiger partial charge in [-0.15, -0.1) is 0 Å². The number of aromatic nitrogens is 3. The predicted molar refractivity (Wildman–Crippen MR) is 99.7 cm³/mol. The maximum atomic E-state index is 12.7. The van der Waals surface area contributed by atoms with Crippen molar-refractivity contribution in [1.29, 1.82) is 0 Å².